The molecule has 6 heteroatoms. The Balaban J connectivity index is 1.57. The van der Waals surface area contributed by atoms with Crippen LogP contribution < -0.4 is 10.6 Å². The van der Waals surface area contributed by atoms with Crippen molar-refractivity contribution in [3.8, 4) is 0 Å². The van der Waals surface area contributed by atoms with E-state index in [4.69, 9.17) is 9.47 Å². The normalized spacial score (nSPS) is 28.7. The number of rotatable bonds is 8. The highest BCUT2D eigenvalue weighted by Crippen LogP contribution is 2.18. The van der Waals surface area contributed by atoms with Crippen LogP contribution in [0.25, 0.3) is 0 Å². The van der Waals surface area contributed by atoms with Crippen LogP contribution >= 0.6 is 0 Å². The Morgan fingerprint density at radius 3 is 2.83 bits per heavy atom. The number of guanidine groups is 1. The fraction of sp³-hybridized carbons (Fsp3) is 0.944. The van der Waals surface area contributed by atoms with Crippen LogP contribution in [0, 0.1) is 5.92 Å². The van der Waals surface area contributed by atoms with Crippen LogP contribution in [0.1, 0.15) is 40.0 Å². The number of nitrogens with zero attached hydrogens (tertiary/aromatic N) is 2. The summed E-state index contributed by atoms with van der Waals surface area (Å²) in [5.74, 6) is 1.54. The first kappa shape index (κ1) is 19.5. The van der Waals surface area contributed by atoms with Crippen molar-refractivity contribution < 1.29 is 9.47 Å². The standard InChI is InChI=1S/C18H36N4O2/c1-14(2)22-11-15(3)17(12-22)21-18(19-4)20-8-6-9-23-13-16-7-5-10-24-16/h14-17H,5-13H2,1-4H3,(H2,19,20,21). The van der Waals surface area contributed by atoms with Crippen molar-refractivity contribution in [1.82, 2.24) is 15.5 Å². The van der Waals surface area contributed by atoms with E-state index in [9.17, 15) is 0 Å². The lowest BCUT2D eigenvalue weighted by Crippen LogP contribution is -2.47. The van der Waals surface area contributed by atoms with E-state index in [1.54, 1.807) is 0 Å². The highest BCUT2D eigenvalue weighted by Gasteiger charge is 2.31. The van der Waals surface area contributed by atoms with Gasteiger partial charge in [0.25, 0.3) is 0 Å². The van der Waals surface area contributed by atoms with Gasteiger partial charge in [0.15, 0.2) is 5.96 Å². The summed E-state index contributed by atoms with van der Waals surface area (Å²) in [5.41, 5.74) is 0. The molecule has 2 aliphatic heterocycles. The molecule has 0 aromatic heterocycles. The van der Waals surface area contributed by atoms with E-state index >= 15 is 0 Å². The zero-order valence-corrected chi connectivity index (χ0v) is 15.9. The first-order chi connectivity index (χ1) is 11.6. The molecule has 0 spiro atoms. The number of ether oxygens (including phenoxy) is 2. The molecule has 0 bridgehead atoms. The molecule has 2 aliphatic rings. The first-order valence-corrected chi connectivity index (χ1v) is 9.50. The van der Waals surface area contributed by atoms with Crippen LogP contribution in [-0.2, 0) is 9.47 Å². The SMILES string of the molecule is CN=C(NCCCOCC1CCCO1)NC1CN(C(C)C)CC1C. The Morgan fingerprint density at radius 1 is 1.38 bits per heavy atom. The molecule has 3 atom stereocenters. The molecule has 0 aliphatic carbocycles. The van der Waals surface area contributed by atoms with Gasteiger partial charge < -0.3 is 20.1 Å². The maximum atomic E-state index is 5.69. The molecule has 2 N–H and O–H groups in total. The van der Waals surface area contributed by atoms with Gasteiger partial charge in [0.05, 0.1) is 12.7 Å². The summed E-state index contributed by atoms with van der Waals surface area (Å²) in [6.07, 6.45) is 3.61. The van der Waals surface area contributed by atoms with E-state index in [0.29, 0.717) is 24.1 Å². The fourth-order valence-corrected chi connectivity index (χ4v) is 3.36. The number of aliphatic imine (C=N–C) groups is 1. The van der Waals surface area contributed by atoms with E-state index in [1.807, 2.05) is 7.05 Å². The fourth-order valence-electron chi connectivity index (χ4n) is 3.36. The van der Waals surface area contributed by atoms with E-state index in [-0.39, 0.29) is 0 Å². The Labute approximate surface area is 147 Å². The number of nitrogens with one attached hydrogen (secondary N) is 2. The maximum Gasteiger partial charge on any atom is 0.191 e. The van der Waals surface area contributed by atoms with Crippen LogP contribution in [0.5, 0.6) is 0 Å². The van der Waals surface area contributed by atoms with Crippen molar-refractivity contribution in [1.29, 1.82) is 0 Å². The third-order valence-corrected chi connectivity index (χ3v) is 5.00. The second kappa shape index (κ2) is 10.2. The maximum absolute atomic E-state index is 5.69. The average Bonchev–Trinajstić information content (AvgIpc) is 3.19. The molecule has 6 nitrogen and oxygen atoms in total. The highest BCUT2D eigenvalue weighted by molar-refractivity contribution is 5.80. The van der Waals surface area contributed by atoms with Gasteiger partial charge in [0.1, 0.15) is 0 Å². The van der Waals surface area contributed by atoms with E-state index in [0.717, 1.165) is 58.3 Å². The average molecular weight is 341 g/mol. The quantitative estimate of drug-likeness (QED) is 0.398. The molecular weight excluding hydrogens is 304 g/mol. The van der Waals surface area contributed by atoms with Crippen LogP contribution in [0.15, 0.2) is 4.99 Å². The van der Waals surface area contributed by atoms with E-state index in [1.165, 1.54) is 6.42 Å². The van der Waals surface area contributed by atoms with Gasteiger partial charge in [0.2, 0.25) is 0 Å². The Bertz CT molecular complexity index is 383. The lowest BCUT2D eigenvalue weighted by atomic mass is 10.1. The van der Waals surface area contributed by atoms with Crippen LogP contribution in [-0.4, -0.2) is 75.5 Å². The number of likely N-dealkylation sites (tertiary alicyclic amines) is 1. The molecule has 2 saturated heterocycles. The molecule has 0 aromatic rings. The topological polar surface area (TPSA) is 58.1 Å². The minimum Gasteiger partial charge on any atom is -0.379 e. The molecule has 24 heavy (non-hydrogen) atoms. The van der Waals surface area contributed by atoms with Crippen molar-refractivity contribution in [2.45, 2.75) is 58.2 Å². The lowest BCUT2D eigenvalue weighted by molar-refractivity contribution is 0.0168. The van der Waals surface area contributed by atoms with Gasteiger partial charge in [-0.25, -0.2) is 0 Å². The van der Waals surface area contributed by atoms with E-state index in [2.05, 4.69) is 41.3 Å². The zero-order chi connectivity index (χ0) is 17.4. The van der Waals surface area contributed by atoms with Gasteiger partial charge in [-0.15, -0.1) is 0 Å². The third kappa shape index (κ3) is 6.22. The molecule has 0 radical (unpaired) electrons. The number of hydrogen-bond acceptors (Lipinski definition) is 4. The first-order valence-electron chi connectivity index (χ1n) is 9.50. The molecule has 2 rings (SSSR count). The second-order valence-electron chi connectivity index (χ2n) is 7.34. The van der Waals surface area contributed by atoms with Gasteiger partial charge in [-0.2, -0.15) is 0 Å². The Hall–Kier alpha value is -0.850. The summed E-state index contributed by atoms with van der Waals surface area (Å²) in [7, 11) is 1.84. The highest BCUT2D eigenvalue weighted by atomic mass is 16.5. The van der Waals surface area contributed by atoms with Gasteiger partial charge in [-0.05, 0) is 39.0 Å². The summed E-state index contributed by atoms with van der Waals surface area (Å²) >= 11 is 0. The lowest BCUT2D eigenvalue weighted by Gasteiger charge is -2.22. The summed E-state index contributed by atoms with van der Waals surface area (Å²) in [5, 5.41) is 6.97. The minimum atomic E-state index is 0.320. The van der Waals surface area contributed by atoms with Gasteiger partial charge >= 0.3 is 0 Å². The van der Waals surface area contributed by atoms with Crippen molar-refractivity contribution in [2.75, 3.05) is 46.5 Å². The molecule has 140 valence electrons. The summed E-state index contributed by atoms with van der Waals surface area (Å²) in [6.45, 7) is 12.4. The van der Waals surface area contributed by atoms with Crippen molar-refractivity contribution >= 4 is 5.96 Å². The minimum absolute atomic E-state index is 0.320. The Kier molecular flexibility index (Phi) is 8.29. The van der Waals surface area contributed by atoms with Crippen molar-refractivity contribution in [3.63, 3.8) is 0 Å². The summed E-state index contributed by atoms with van der Waals surface area (Å²) in [6, 6.07) is 1.07. The third-order valence-electron chi connectivity index (χ3n) is 5.00. The Morgan fingerprint density at radius 2 is 2.21 bits per heavy atom. The second-order valence-corrected chi connectivity index (χ2v) is 7.34. The summed E-state index contributed by atoms with van der Waals surface area (Å²) in [4.78, 5) is 6.87. The molecule has 3 unspecified atom stereocenters. The predicted octanol–water partition coefficient (Wildman–Crippen LogP) is 1.47. The molecule has 0 amide bonds. The molecule has 0 aromatic carbocycles. The van der Waals surface area contributed by atoms with Crippen LogP contribution in [0.3, 0.4) is 0 Å². The molecule has 0 saturated carbocycles. The summed E-state index contributed by atoms with van der Waals surface area (Å²) < 4.78 is 11.2. The number of hydrogen-bond donors (Lipinski definition) is 2. The van der Waals surface area contributed by atoms with Gasteiger partial charge in [-0.1, -0.05) is 6.92 Å². The van der Waals surface area contributed by atoms with Gasteiger partial charge in [0, 0.05) is 52.0 Å². The molecular formula is C18H36N4O2. The smallest absolute Gasteiger partial charge is 0.191 e. The largest absolute Gasteiger partial charge is 0.379 e. The van der Waals surface area contributed by atoms with Crippen LogP contribution in [0.2, 0.25) is 0 Å². The van der Waals surface area contributed by atoms with E-state index < -0.39 is 0 Å². The monoisotopic (exact) mass is 340 g/mol. The van der Waals surface area contributed by atoms with Crippen molar-refractivity contribution in [2.24, 2.45) is 10.9 Å². The molecule has 2 heterocycles. The van der Waals surface area contributed by atoms with Crippen LogP contribution in [0.4, 0.5) is 0 Å². The van der Waals surface area contributed by atoms with Crippen molar-refractivity contribution in [3.05, 3.63) is 0 Å². The predicted molar refractivity (Wildman–Crippen MR) is 98.6 cm³/mol. The zero-order valence-electron chi connectivity index (χ0n) is 15.9. The van der Waals surface area contributed by atoms with Gasteiger partial charge in [-0.3, -0.25) is 9.89 Å². The molecule has 2 fully saturated rings.